The van der Waals surface area contributed by atoms with Gasteiger partial charge in [0.1, 0.15) is 5.75 Å². The van der Waals surface area contributed by atoms with Crippen molar-refractivity contribution in [2.45, 2.75) is 13.3 Å². The van der Waals surface area contributed by atoms with E-state index in [1.165, 1.54) is 0 Å². The van der Waals surface area contributed by atoms with Gasteiger partial charge in [-0.3, -0.25) is 0 Å². The largest absolute Gasteiger partial charge is 0.493 e. The molecule has 1 unspecified atom stereocenters. The summed E-state index contributed by atoms with van der Waals surface area (Å²) in [5, 5.41) is 0.839. The van der Waals surface area contributed by atoms with E-state index in [-0.39, 0.29) is 18.3 Å². The molecule has 0 radical (unpaired) electrons. The zero-order valence-corrected chi connectivity index (χ0v) is 12.8. The van der Waals surface area contributed by atoms with Gasteiger partial charge in [-0.15, -0.1) is 0 Å². The first kappa shape index (κ1) is 15.9. The molecule has 3 nitrogen and oxygen atoms in total. The summed E-state index contributed by atoms with van der Waals surface area (Å²) >= 11 is 11.6. The Morgan fingerprint density at radius 1 is 1.28 bits per heavy atom. The lowest BCUT2D eigenvalue weighted by Gasteiger charge is -2.14. The van der Waals surface area contributed by atoms with Gasteiger partial charge >= 0.3 is 0 Å². The molecule has 0 amide bonds. The second kappa shape index (κ2) is 6.85. The molecule has 102 valence electrons. The summed E-state index contributed by atoms with van der Waals surface area (Å²) in [6, 6.07) is 4.89. The Bertz CT molecular complexity index is 502. The molecule has 18 heavy (non-hydrogen) atoms. The van der Waals surface area contributed by atoms with Crippen molar-refractivity contribution in [2.24, 2.45) is 5.92 Å². The Labute approximate surface area is 121 Å². The molecule has 0 aliphatic carbocycles. The van der Waals surface area contributed by atoms with E-state index in [0.717, 1.165) is 0 Å². The highest BCUT2D eigenvalue weighted by Crippen LogP contribution is 2.26. The molecule has 7 heteroatoms. The maximum atomic E-state index is 11.0. The standard InChI is InChI=1S/C11H13Cl3O3S/c1-2-8(7-18(14,15)16)6-17-9-3-4-10(12)11(13)5-9/h3-5,8H,2,6-7H2,1H3. The number of ether oxygens (including phenoxy) is 1. The van der Waals surface area contributed by atoms with Crippen molar-refractivity contribution in [3.05, 3.63) is 28.2 Å². The quantitative estimate of drug-likeness (QED) is 0.741. The monoisotopic (exact) mass is 330 g/mol. The lowest BCUT2D eigenvalue weighted by Crippen LogP contribution is -2.18. The lowest BCUT2D eigenvalue weighted by atomic mass is 10.1. The molecular weight excluding hydrogens is 319 g/mol. The van der Waals surface area contributed by atoms with Crippen LogP contribution in [0, 0.1) is 5.92 Å². The van der Waals surface area contributed by atoms with Crippen molar-refractivity contribution in [2.75, 3.05) is 12.4 Å². The number of hydrogen-bond acceptors (Lipinski definition) is 3. The maximum Gasteiger partial charge on any atom is 0.232 e. The fourth-order valence-corrected chi connectivity index (χ4v) is 3.06. The van der Waals surface area contributed by atoms with Gasteiger partial charge in [0.15, 0.2) is 0 Å². The van der Waals surface area contributed by atoms with Crippen molar-refractivity contribution < 1.29 is 13.2 Å². The Kier molecular flexibility index (Phi) is 6.05. The third-order valence-corrected chi connectivity index (χ3v) is 4.38. The topological polar surface area (TPSA) is 43.4 Å². The third kappa shape index (κ3) is 5.65. The Balaban J connectivity index is 2.60. The summed E-state index contributed by atoms with van der Waals surface area (Å²) in [6.45, 7) is 2.14. The summed E-state index contributed by atoms with van der Waals surface area (Å²) in [5.41, 5.74) is 0. The van der Waals surface area contributed by atoms with Gasteiger partial charge in [0, 0.05) is 22.7 Å². The molecule has 0 saturated carbocycles. The molecular formula is C11H13Cl3O3S. The average Bonchev–Trinajstić information content (AvgIpc) is 2.27. The van der Waals surface area contributed by atoms with Gasteiger partial charge in [-0.2, -0.15) is 0 Å². The normalized spacial score (nSPS) is 13.3. The molecule has 0 N–H and O–H groups in total. The molecule has 1 aromatic rings. The maximum absolute atomic E-state index is 11.0. The van der Waals surface area contributed by atoms with Crippen LogP contribution in [0.5, 0.6) is 5.75 Å². The second-order valence-corrected chi connectivity index (χ2v) is 7.50. The predicted octanol–water partition coefficient (Wildman–Crippen LogP) is 3.97. The van der Waals surface area contributed by atoms with E-state index in [9.17, 15) is 8.42 Å². The van der Waals surface area contributed by atoms with Crippen LogP contribution in [0.25, 0.3) is 0 Å². The number of benzene rings is 1. The highest BCUT2D eigenvalue weighted by molar-refractivity contribution is 8.13. The highest BCUT2D eigenvalue weighted by Gasteiger charge is 2.16. The van der Waals surface area contributed by atoms with Crippen molar-refractivity contribution in [3.8, 4) is 5.75 Å². The zero-order valence-electron chi connectivity index (χ0n) is 9.70. The van der Waals surface area contributed by atoms with Crippen LogP contribution < -0.4 is 4.74 Å². The minimum absolute atomic E-state index is 0.105. The molecule has 0 saturated heterocycles. The van der Waals surface area contributed by atoms with E-state index in [0.29, 0.717) is 22.2 Å². The van der Waals surface area contributed by atoms with Crippen molar-refractivity contribution in [1.82, 2.24) is 0 Å². The van der Waals surface area contributed by atoms with E-state index < -0.39 is 9.05 Å². The van der Waals surface area contributed by atoms with Gasteiger partial charge in [0.05, 0.1) is 22.4 Å². The molecule has 1 aromatic carbocycles. The SMILES string of the molecule is CCC(COc1ccc(Cl)c(Cl)c1)CS(=O)(=O)Cl. The van der Waals surface area contributed by atoms with Crippen LogP contribution in [-0.2, 0) is 9.05 Å². The van der Waals surface area contributed by atoms with Gasteiger partial charge in [-0.05, 0) is 18.6 Å². The molecule has 0 aliphatic rings. The molecule has 0 bridgehead atoms. The molecule has 0 heterocycles. The summed E-state index contributed by atoms with van der Waals surface area (Å²) in [6.07, 6.45) is 0.660. The number of rotatable bonds is 6. The zero-order chi connectivity index (χ0) is 13.8. The third-order valence-electron chi connectivity index (χ3n) is 2.39. The fourth-order valence-electron chi connectivity index (χ4n) is 1.35. The van der Waals surface area contributed by atoms with Crippen LogP contribution in [-0.4, -0.2) is 20.8 Å². The molecule has 1 atom stereocenters. The average molecular weight is 332 g/mol. The van der Waals surface area contributed by atoms with Crippen LogP contribution in [0.15, 0.2) is 18.2 Å². The summed E-state index contributed by atoms with van der Waals surface area (Å²) < 4.78 is 27.4. The number of hydrogen-bond donors (Lipinski definition) is 0. The Hall–Kier alpha value is -0.160. The Morgan fingerprint density at radius 2 is 1.94 bits per heavy atom. The fraction of sp³-hybridized carbons (Fsp3) is 0.455. The first-order valence-corrected chi connectivity index (χ1v) is 8.55. The van der Waals surface area contributed by atoms with E-state index in [1.54, 1.807) is 18.2 Å². The predicted molar refractivity (Wildman–Crippen MR) is 75.4 cm³/mol. The van der Waals surface area contributed by atoms with E-state index in [1.807, 2.05) is 6.92 Å². The molecule has 0 aromatic heterocycles. The number of halogens is 3. The summed E-state index contributed by atoms with van der Waals surface area (Å²) in [7, 11) is 1.70. The smallest absolute Gasteiger partial charge is 0.232 e. The van der Waals surface area contributed by atoms with Crippen LogP contribution in [0.2, 0.25) is 10.0 Å². The molecule has 0 spiro atoms. The first-order chi connectivity index (χ1) is 8.31. The van der Waals surface area contributed by atoms with Gasteiger partial charge in [0.25, 0.3) is 0 Å². The highest BCUT2D eigenvalue weighted by atomic mass is 35.7. The van der Waals surface area contributed by atoms with Crippen molar-refractivity contribution >= 4 is 42.9 Å². The van der Waals surface area contributed by atoms with Crippen molar-refractivity contribution in [1.29, 1.82) is 0 Å². The molecule has 0 fully saturated rings. The van der Waals surface area contributed by atoms with E-state index >= 15 is 0 Å². The van der Waals surface area contributed by atoms with Crippen molar-refractivity contribution in [3.63, 3.8) is 0 Å². The molecule has 0 aliphatic heterocycles. The van der Waals surface area contributed by atoms with Gasteiger partial charge in [0.2, 0.25) is 9.05 Å². The summed E-state index contributed by atoms with van der Waals surface area (Å²) in [5.74, 6) is 0.295. The summed E-state index contributed by atoms with van der Waals surface area (Å²) in [4.78, 5) is 0. The minimum atomic E-state index is -3.51. The van der Waals surface area contributed by atoms with Crippen LogP contribution in [0.4, 0.5) is 0 Å². The lowest BCUT2D eigenvalue weighted by molar-refractivity contribution is 0.258. The second-order valence-electron chi connectivity index (χ2n) is 3.87. The van der Waals surface area contributed by atoms with Crippen LogP contribution >= 0.6 is 33.9 Å². The van der Waals surface area contributed by atoms with E-state index in [2.05, 4.69) is 0 Å². The van der Waals surface area contributed by atoms with Crippen LogP contribution in [0.1, 0.15) is 13.3 Å². The Morgan fingerprint density at radius 3 is 2.44 bits per heavy atom. The van der Waals surface area contributed by atoms with E-state index in [4.69, 9.17) is 38.6 Å². The van der Waals surface area contributed by atoms with Crippen LogP contribution in [0.3, 0.4) is 0 Å². The minimum Gasteiger partial charge on any atom is -0.493 e. The van der Waals surface area contributed by atoms with Gasteiger partial charge in [-0.25, -0.2) is 8.42 Å². The van der Waals surface area contributed by atoms with Gasteiger partial charge < -0.3 is 4.74 Å². The van der Waals surface area contributed by atoms with Gasteiger partial charge in [-0.1, -0.05) is 30.1 Å². The first-order valence-electron chi connectivity index (χ1n) is 5.32. The molecule has 1 rings (SSSR count).